The number of hydrogen-bond acceptors (Lipinski definition) is 8. The van der Waals surface area contributed by atoms with Gasteiger partial charge in [-0.1, -0.05) is 23.1 Å². The zero-order valence-electron chi connectivity index (χ0n) is 12.8. The molecule has 122 valence electrons. The lowest BCUT2D eigenvalue weighted by atomic mass is 9.96. The van der Waals surface area contributed by atoms with E-state index in [2.05, 4.69) is 25.8 Å². The van der Waals surface area contributed by atoms with Crippen molar-refractivity contribution in [2.24, 2.45) is 0 Å². The predicted molar refractivity (Wildman–Crippen MR) is 91.3 cm³/mol. The number of carbonyl (C=O) groups excluding carboxylic acids is 1. The summed E-state index contributed by atoms with van der Waals surface area (Å²) in [6.45, 7) is 4.31. The van der Waals surface area contributed by atoms with Gasteiger partial charge in [-0.2, -0.15) is 0 Å². The number of pyridine rings is 1. The molecule has 4 N–H and O–H groups in total. The van der Waals surface area contributed by atoms with E-state index in [0.29, 0.717) is 21.8 Å². The van der Waals surface area contributed by atoms with Crippen LogP contribution in [0.4, 0.5) is 5.13 Å². The van der Waals surface area contributed by atoms with E-state index in [-0.39, 0.29) is 5.91 Å². The average Bonchev–Trinajstić information content (AvgIpc) is 2.97. The molecule has 0 spiro atoms. The highest BCUT2D eigenvalue weighted by Crippen LogP contribution is 2.23. The van der Waals surface area contributed by atoms with E-state index in [1.165, 1.54) is 34.2 Å². The predicted octanol–water partition coefficient (Wildman–Crippen LogP) is 0.878. The van der Waals surface area contributed by atoms with Gasteiger partial charge in [0.25, 0.3) is 0 Å². The summed E-state index contributed by atoms with van der Waals surface area (Å²) in [5.41, 5.74) is 10.2. The highest BCUT2D eigenvalue weighted by atomic mass is 32.2. The van der Waals surface area contributed by atoms with Gasteiger partial charge in [0.15, 0.2) is 4.34 Å². The zero-order valence-corrected chi connectivity index (χ0v) is 14.4. The van der Waals surface area contributed by atoms with E-state index in [1.54, 1.807) is 0 Å². The number of hydrogen-bond donors (Lipinski definition) is 3. The summed E-state index contributed by atoms with van der Waals surface area (Å²) in [5, 5.41) is 14.3. The molecule has 23 heavy (non-hydrogen) atoms. The van der Waals surface area contributed by atoms with Gasteiger partial charge in [-0.05, 0) is 36.6 Å². The molecule has 1 amide bonds. The summed E-state index contributed by atoms with van der Waals surface area (Å²) in [7, 11) is 0. The lowest BCUT2D eigenvalue weighted by Gasteiger charge is -2.21. The summed E-state index contributed by atoms with van der Waals surface area (Å²) in [5.74, 6) is 0.271. The van der Waals surface area contributed by atoms with Crippen LogP contribution in [0.15, 0.2) is 10.5 Å². The van der Waals surface area contributed by atoms with Crippen LogP contribution < -0.4 is 16.4 Å². The Morgan fingerprint density at radius 2 is 2.39 bits per heavy atom. The van der Waals surface area contributed by atoms with Crippen molar-refractivity contribution in [3.63, 3.8) is 0 Å². The normalized spacial score (nSPS) is 13.6. The number of nitrogens with two attached hydrogens (primary N) is 1. The topological polar surface area (TPSA) is 106 Å². The molecule has 3 heterocycles. The molecule has 0 saturated heterocycles. The Kier molecular flexibility index (Phi) is 5.09. The largest absolute Gasteiger partial charge is 0.374 e. The second-order valence-electron chi connectivity index (χ2n) is 5.22. The van der Waals surface area contributed by atoms with Crippen LogP contribution in [0.3, 0.4) is 0 Å². The van der Waals surface area contributed by atoms with Crippen molar-refractivity contribution < 1.29 is 4.79 Å². The van der Waals surface area contributed by atoms with E-state index in [4.69, 9.17) is 5.73 Å². The molecule has 3 rings (SSSR count). The molecule has 7 nitrogen and oxygen atoms in total. The monoisotopic (exact) mass is 350 g/mol. The van der Waals surface area contributed by atoms with Crippen LogP contribution in [-0.2, 0) is 24.3 Å². The molecule has 0 bridgehead atoms. The van der Waals surface area contributed by atoms with Crippen LogP contribution in [0, 0.1) is 6.92 Å². The molecule has 0 saturated carbocycles. The number of nitrogen functional groups attached to an aromatic ring is 1. The third kappa shape index (κ3) is 3.98. The smallest absolute Gasteiger partial charge is 0.230 e. The van der Waals surface area contributed by atoms with Crippen LogP contribution in [0.1, 0.15) is 22.4 Å². The fourth-order valence-corrected chi connectivity index (χ4v) is 3.99. The molecule has 0 aromatic carbocycles. The van der Waals surface area contributed by atoms with Crippen molar-refractivity contribution in [1.82, 2.24) is 25.8 Å². The van der Waals surface area contributed by atoms with Gasteiger partial charge in [-0.3, -0.25) is 9.78 Å². The van der Waals surface area contributed by atoms with Crippen LogP contribution in [-0.4, -0.2) is 33.4 Å². The number of carbonyl (C=O) groups is 1. The third-order valence-electron chi connectivity index (χ3n) is 3.68. The maximum atomic E-state index is 12.0. The molecule has 0 aliphatic carbocycles. The zero-order chi connectivity index (χ0) is 16.2. The Bertz CT molecular complexity index is 717. The Morgan fingerprint density at radius 1 is 1.52 bits per heavy atom. The van der Waals surface area contributed by atoms with Gasteiger partial charge < -0.3 is 16.4 Å². The second-order valence-corrected chi connectivity index (χ2v) is 7.46. The van der Waals surface area contributed by atoms with Gasteiger partial charge in [0, 0.05) is 25.0 Å². The van der Waals surface area contributed by atoms with Crippen molar-refractivity contribution in [2.75, 3.05) is 18.0 Å². The first kappa shape index (κ1) is 16.2. The van der Waals surface area contributed by atoms with Crippen molar-refractivity contribution in [3.05, 3.63) is 28.6 Å². The fourth-order valence-electron chi connectivity index (χ4n) is 2.52. The first-order valence-corrected chi connectivity index (χ1v) is 9.09. The van der Waals surface area contributed by atoms with E-state index >= 15 is 0 Å². The first-order valence-electron chi connectivity index (χ1n) is 7.29. The van der Waals surface area contributed by atoms with E-state index in [0.717, 1.165) is 30.8 Å². The molecule has 1 aliphatic heterocycles. The molecular formula is C14H18N6OS2. The van der Waals surface area contributed by atoms with Crippen LogP contribution >= 0.6 is 23.1 Å². The maximum Gasteiger partial charge on any atom is 0.230 e. The Morgan fingerprint density at radius 3 is 3.17 bits per heavy atom. The molecule has 0 radical (unpaired) electrons. The second kappa shape index (κ2) is 7.24. The van der Waals surface area contributed by atoms with Crippen molar-refractivity contribution in [2.45, 2.75) is 30.8 Å². The summed E-state index contributed by atoms with van der Waals surface area (Å²) < 4.78 is 0.707. The first-order chi connectivity index (χ1) is 11.1. The highest BCUT2D eigenvalue weighted by molar-refractivity contribution is 8.01. The molecule has 0 unspecified atom stereocenters. The average molecular weight is 350 g/mol. The molecule has 9 heteroatoms. The summed E-state index contributed by atoms with van der Waals surface area (Å²) >= 11 is 2.63. The minimum absolute atomic E-state index is 0.0327. The lowest BCUT2D eigenvalue weighted by Crippen LogP contribution is -2.29. The maximum absolute atomic E-state index is 12.0. The molecule has 0 atom stereocenters. The molecule has 2 aromatic rings. The van der Waals surface area contributed by atoms with E-state index in [1.807, 2.05) is 13.1 Å². The van der Waals surface area contributed by atoms with Crippen molar-refractivity contribution >= 4 is 34.1 Å². The Hall–Kier alpha value is -1.71. The van der Waals surface area contributed by atoms with Gasteiger partial charge in [-0.15, -0.1) is 10.2 Å². The summed E-state index contributed by atoms with van der Waals surface area (Å²) in [6, 6.07) is 0. The number of thioether (sulfide) groups is 1. The molecule has 0 fully saturated rings. The Labute approximate surface area is 142 Å². The third-order valence-corrected chi connectivity index (χ3v) is 5.57. The summed E-state index contributed by atoms with van der Waals surface area (Å²) in [4.78, 5) is 16.5. The highest BCUT2D eigenvalue weighted by Gasteiger charge is 2.16. The summed E-state index contributed by atoms with van der Waals surface area (Å²) in [6.07, 6.45) is 2.90. The number of rotatable bonds is 5. The number of nitrogens with zero attached hydrogens (tertiary/aromatic N) is 3. The molecule has 1 aliphatic rings. The SMILES string of the molecule is Cc1ncc2c(c1CNC(=O)CSc1nnc(N)s1)CCNC2. The number of aromatic nitrogens is 3. The van der Waals surface area contributed by atoms with E-state index < -0.39 is 0 Å². The Balaban J connectivity index is 1.58. The van der Waals surface area contributed by atoms with Crippen molar-refractivity contribution in [1.29, 1.82) is 0 Å². The molecule has 2 aromatic heterocycles. The number of amides is 1. The fraction of sp³-hybridized carbons (Fsp3) is 0.429. The van der Waals surface area contributed by atoms with Crippen LogP contribution in [0.2, 0.25) is 0 Å². The lowest BCUT2D eigenvalue weighted by molar-refractivity contribution is -0.118. The number of nitrogens with one attached hydrogen (secondary N) is 2. The minimum Gasteiger partial charge on any atom is -0.374 e. The number of aryl methyl sites for hydroxylation is 1. The van der Waals surface area contributed by atoms with Gasteiger partial charge in [0.2, 0.25) is 11.0 Å². The van der Waals surface area contributed by atoms with E-state index in [9.17, 15) is 4.79 Å². The van der Waals surface area contributed by atoms with Crippen LogP contribution in [0.25, 0.3) is 0 Å². The molecular weight excluding hydrogens is 332 g/mol. The quantitative estimate of drug-likeness (QED) is 0.687. The number of fused-ring (bicyclic) bond motifs is 1. The van der Waals surface area contributed by atoms with Gasteiger partial charge in [-0.25, -0.2) is 0 Å². The minimum atomic E-state index is -0.0327. The number of anilines is 1. The van der Waals surface area contributed by atoms with Crippen LogP contribution in [0.5, 0.6) is 0 Å². The van der Waals surface area contributed by atoms with Gasteiger partial charge >= 0.3 is 0 Å². The standard InChI is InChI=1S/C14H18N6OS2/c1-8-11(10-2-3-16-4-9(10)5-17-8)6-18-12(21)7-22-14-20-19-13(15)23-14/h5,16H,2-4,6-7H2,1H3,(H2,15,19)(H,18,21). The van der Waals surface area contributed by atoms with Gasteiger partial charge in [0.05, 0.1) is 5.75 Å². The van der Waals surface area contributed by atoms with Crippen molar-refractivity contribution in [3.8, 4) is 0 Å². The van der Waals surface area contributed by atoms with Gasteiger partial charge in [0.1, 0.15) is 0 Å².